The lowest BCUT2D eigenvalue weighted by atomic mass is 9.98. The number of nitrogen functional groups attached to an aromatic ring is 2. The minimum atomic E-state index is -1.57. The number of halogens is 3. The second kappa shape index (κ2) is 19.6. The van der Waals surface area contributed by atoms with Gasteiger partial charge in [-0.3, -0.25) is 19.7 Å². The van der Waals surface area contributed by atoms with Gasteiger partial charge in [-0.15, -0.1) is 0 Å². The van der Waals surface area contributed by atoms with Gasteiger partial charge >= 0.3 is 6.09 Å². The Morgan fingerprint density at radius 2 is 1.17 bits per heavy atom. The number of aromatic nitrogens is 4. The molecule has 0 aliphatic heterocycles. The van der Waals surface area contributed by atoms with E-state index in [0.29, 0.717) is 28.2 Å². The van der Waals surface area contributed by atoms with Crippen molar-refractivity contribution < 1.29 is 37.1 Å². The second-order valence-electron chi connectivity index (χ2n) is 14.3. The molecule has 0 atom stereocenters. The smallest absolute Gasteiger partial charge is 0.411 e. The van der Waals surface area contributed by atoms with E-state index in [1.807, 2.05) is 24.3 Å². The predicted molar refractivity (Wildman–Crippen MR) is 237 cm³/mol. The maximum absolute atomic E-state index is 13.3. The number of anilines is 3. The molecule has 65 heavy (non-hydrogen) atoms. The molecule has 8 rings (SSSR count). The van der Waals surface area contributed by atoms with Gasteiger partial charge in [-0.25, -0.2) is 37.9 Å². The summed E-state index contributed by atoms with van der Waals surface area (Å²) >= 11 is 0. The summed E-state index contributed by atoms with van der Waals surface area (Å²) in [6.45, 7) is 0.0121. The fraction of sp³-hybridized carbons (Fsp3) is 0.106. The first-order valence-electron chi connectivity index (χ1n) is 19.8. The van der Waals surface area contributed by atoms with Gasteiger partial charge in [0.2, 0.25) is 0 Å². The highest BCUT2D eigenvalue weighted by atomic mass is 19.2. The number of fused-ring (bicyclic) bond motifs is 3. The lowest BCUT2D eigenvalue weighted by molar-refractivity contribution is 0.0945. The Labute approximate surface area is 369 Å². The summed E-state index contributed by atoms with van der Waals surface area (Å²) in [5.74, 6) is -5.72. The summed E-state index contributed by atoms with van der Waals surface area (Å²) in [6, 6.07) is 31.3. The molecule has 15 nitrogen and oxygen atoms in total. The largest absolute Gasteiger partial charge is 0.448 e. The number of benzene rings is 5. The van der Waals surface area contributed by atoms with Gasteiger partial charge in [-0.05, 0) is 64.2 Å². The van der Waals surface area contributed by atoms with Crippen molar-refractivity contribution in [1.29, 1.82) is 0 Å². The number of nitrogens with two attached hydrogens (primary N) is 2. The third kappa shape index (κ3) is 10.0. The Kier molecular flexibility index (Phi) is 13.4. The van der Waals surface area contributed by atoms with Gasteiger partial charge in [-0.1, -0.05) is 72.8 Å². The summed E-state index contributed by atoms with van der Waals surface area (Å²) in [5.41, 5.74) is 18.8. The standard InChI is InChI=1S/C27H23N5O3.C20H16F3N5O2/c1-29-26(33)24-25(28)30-14-23(32-24)16-7-6-8-17(13-16)31-27(34)35-15-22-20-11-4-2-9-18(20)19-10-3-5-12-21(19)22;1-25-20(30)17-18(24)26-9-15(28-17)11-3-2-4-12(7-11)19(29)27-8-10-5-13(21)16(23)14(22)6-10/h2-14,22H,15H2,1H3,(H2,28,30)(H,29,33)(H,31,34);2-7,9H,8H2,1H3,(H2,24,26)(H,25,30)(H,27,29). The van der Waals surface area contributed by atoms with Crippen molar-refractivity contribution in [2.45, 2.75) is 12.5 Å². The molecule has 2 aromatic heterocycles. The summed E-state index contributed by atoms with van der Waals surface area (Å²) in [6.07, 6.45) is 2.29. The molecule has 0 unspecified atom stereocenters. The molecule has 1 aliphatic rings. The Morgan fingerprint density at radius 1 is 0.646 bits per heavy atom. The molecule has 18 heteroatoms. The van der Waals surface area contributed by atoms with Crippen molar-refractivity contribution in [3.63, 3.8) is 0 Å². The molecular weight excluding hydrogens is 842 g/mol. The quantitative estimate of drug-likeness (QED) is 0.0776. The van der Waals surface area contributed by atoms with Crippen LogP contribution in [0.2, 0.25) is 0 Å². The minimum absolute atomic E-state index is 0.0207. The Hall–Kier alpha value is -8.67. The molecule has 4 amide bonds. The molecule has 0 spiro atoms. The van der Waals surface area contributed by atoms with Gasteiger partial charge < -0.3 is 32.2 Å². The van der Waals surface area contributed by atoms with Crippen LogP contribution in [0.3, 0.4) is 0 Å². The van der Waals surface area contributed by atoms with Crippen molar-refractivity contribution >= 4 is 41.1 Å². The lowest BCUT2D eigenvalue weighted by Gasteiger charge is -2.15. The number of nitrogens with one attached hydrogen (secondary N) is 4. The van der Waals surface area contributed by atoms with Crippen LogP contribution in [-0.2, 0) is 11.3 Å². The molecule has 328 valence electrons. The zero-order valence-electron chi connectivity index (χ0n) is 34.7. The summed E-state index contributed by atoms with van der Waals surface area (Å²) in [4.78, 5) is 65.4. The third-order valence-corrected chi connectivity index (χ3v) is 10.2. The van der Waals surface area contributed by atoms with Crippen molar-refractivity contribution in [3.8, 4) is 33.6 Å². The van der Waals surface area contributed by atoms with Crippen molar-refractivity contribution in [3.05, 3.63) is 173 Å². The predicted octanol–water partition coefficient (Wildman–Crippen LogP) is 6.88. The number of carbonyl (C=O) groups excluding carboxylic acids is 4. The van der Waals surface area contributed by atoms with E-state index in [9.17, 15) is 32.3 Å². The van der Waals surface area contributed by atoms with E-state index in [4.69, 9.17) is 16.2 Å². The van der Waals surface area contributed by atoms with Crippen LogP contribution in [0, 0.1) is 17.5 Å². The van der Waals surface area contributed by atoms with Crippen LogP contribution in [0.1, 0.15) is 53.9 Å². The molecule has 1 aliphatic carbocycles. The zero-order valence-corrected chi connectivity index (χ0v) is 34.7. The molecule has 5 aromatic carbocycles. The van der Waals surface area contributed by atoms with Crippen LogP contribution in [0.25, 0.3) is 33.6 Å². The van der Waals surface area contributed by atoms with Gasteiger partial charge in [-0.2, -0.15) is 0 Å². The topological polar surface area (TPSA) is 229 Å². The second-order valence-corrected chi connectivity index (χ2v) is 14.3. The summed E-state index contributed by atoms with van der Waals surface area (Å²) in [7, 11) is 2.93. The maximum atomic E-state index is 13.3. The molecular formula is C47H39F3N10O5. The first-order valence-corrected chi connectivity index (χ1v) is 19.8. The molecule has 7 aromatic rings. The van der Waals surface area contributed by atoms with E-state index in [-0.39, 0.29) is 53.2 Å². The molecule has 0 saturated carbocycles. The summed E-state index contributed by atoms with van der Waals surface area (Å²) in [5, 5.41) is 10.2. The number of hydrogen-bond donors (Lipinski definition) is 6. The average Bonchev–Trinajstić information content (AvgIpc) is 3.65. The summed E-state index contributed by atoms with van der Waals surface area (Å²) < 4.78 is 45.2. The first kappa shape index (κ1) is 44.4. The van der Waals surface area contributed by atoms with Crippen LogP contribution >= 0.6 is 0 Å². The van der Waals surface area contributed by atoms with Gasteiger partial charge in [0.1, 0.15) is 6.61 Å². The molecule has 0 radical (unpaired) electrons. The van der Waals surface area contributed by atoms with Crippen LogP contribution in [0.5, 0.6) is 0 Å². The van der Waals surface area contributed by atoms with Crippen molar-refractivity contribution in [2.24, 2.45) is 0 Å². The molecule has 0 saturated heterocycles. The fourth-order valence-electron chi connectivity index (χ4n) is 6.97. The minimum Gasteiger partial charge on any atom is -0.448 e. The number of nitrogens with zero attached hydrogens (tertiary/aromatic N) is 4. The Bertz CT molecular complexity index is 2900. The molecule has 2 heterocycles. The normalized spacial score (nSPS) is 11.3. The van der Waals surface area contributed by atoms with E-state index in [2.05, 4.69) is 65.5 Å². The van der Waals surface area contributed by atoms with E-state index in [0.717, 1.165) is 23.3 Å². The monoisotopic (exact) mass is 880 g/mol. The van der Waals surface area contributed by atoms with Crippen LogP contribution in [-0.4, -0.2) is 64.5 Å². The number of rotatable bonds is 10. The lowest BCUT2D eigenvalue weighted by Crippen LogP contribution is -2.23. The molecule has 0 fully saturated rings. The van der Waals surface area contributed by atoms with Crippen LogP contribution in [0.15, 0.2) is 122 Å². The maximum Gasteiger partial charge on any atom is 0.411 e. The van der Waals surface area contributed by atoms with Gasteiger partial charge in [0.05, 0.1) is 23.8 Å². The van der Waals surface area contributed by atoms with Gasteiger partial charge in [0.15, 0.2) is 40.5 Å². The first-order chi connectivity index (χ1) is 31.3. The number of ether oxygens (including phenoxy) is 1. The average molecular weight is 881 g/mol. The highest BCUT2D eigenvalue weighted by Crippen LogP contribution is 2.44. The van der Waals surface area contributed by atoms with Crippen LogP contribution in [0.4, 0.5) is 35.3 Å². The van der Waals surface area contributed by atoms with Crippen LogP contribution < -0.4 is 32.7 Å². The molecule has 8 N–H and O–H groups in total. The van der Waals surface area contributed by atoms with Gasteiger partial charge in [0, 0.05) is 48.9 Å². The van der Waals surface area contributed by atoms with E-state index in [1.165, 1.54) is 49.7 Å². The third-order valence-electron chi connectivity index (χ3n) is 10.2. The van der Waals surface area contributed by atoms with E-state index < -0.39 is 41.3 Å². The number of hydrogen-bond acceptors (Lipinski definition) is 11. The number of amides is 4. The van der Waals surface area contributed by atoms with E-state index in [1.54, 1.807) is 36.4 Å². The van der Waals surface area contributed by atoms with Gasteiger partial charge in [0.25, 0.3) is 17.7 Å². The zero-order chi connectivity index (χ0) is 46.2. The Balaban J connectivity index is 0.000000197. The fourth-order valence-corrected chi connectivity index (χ4v) is 6.97. The van der Waals surface area contributed by atoms with Crippen molar-refractivity contribution in [2.75, 3.05) is 37.5 Å². The molecule has 0 bridgehead atoms. The SMILES string of the molecule is CNC(=O)c1nc(-c2cccc(C(=O)NCc3cc(F)c(F)c(F)c3)c2)cnc1N.CNC(=O)c1nc(-c2cccc(NC(=O)OCC3c4ccccc4-c4ccccc43)c2)cnc1N. The highest BCUT2D eigenvalue weighted by Gasteiger charge is 2.29. The number of carbonyl (C=O) groups is 4. The van der Waals surface area contributed by atoms with E-state index >= 15 is 0 Å². The highest BCUT2D eigenvalue weighted by molar-refractivity contribution is 5.98. The van der Waals surface area contributed by atoms with Crippen molar-refractivity contribution in [1.82, 2.24) is 35.9 Å². The Morgan fingerprint density at radius 3 is 1.72 bits per heavy atom.